The minimum atomic E-state index is -0.0871. The smallest absolute Gasteiger partial charge is 0.147 e. The lowest BCUT2D eigenvalue weighted by atomic mass is 9.90. The van der Waals surface area contributed by atoms with E-state index in [1.165, 1.54) is 0 Å². The highest BCUT2D eigenvalue weighted by Crippen LogP contribution is 2.20. The molecular weight excluding hydrogens is 232 g/mol. The van der Waals surface area contributed by atoms with Crippen molar-refractivity contribution in [3.8, 4) is 0 Å². The van der Waals surface area contributed by atoms with Crippen LogP contribution in [0, 0.1) is 5.41 Å². The van der Waals surface area contributed by atoms with Crippen LogP contribution in [0.5, 0.6) is 0 Å². The Kier molecular flexibility index (Phi) is 10.5. The lowest BCUT2D eigenvalue weighted by Crippen LogP contribution is -2.07. The summed E-state index contributed by atoms with van der Waals surface area (Å²) in [7, 11) is 1.63. The number of methoxy groups -OCH3 is 1. The normalized spacial score (nSPS) is 12.6. The highest BCUT2D eigenvalue weighted by atomic mass is 16.7. The predicted molar refractivity (Wildman–Crippen MR) is 71.4 cm³/mol. The van der Waals surface area contributed by atoms with Crippen LogP contribution in [0.1, 0.15) is 20.3 Å². The van der Waals surface area contributed by atoms with Gasteiger partial charge in [-0.25, -0.2) is 0 Å². The zero-order valence-corrected chi connectivity index (χ0v) is 11.6. The quantitative estimate of drug-likeness (QED) is 0.246. The van der Waals surface area contributed by atoms with Gasteiger partial charge in [-0.15, -0.1) is 0 Å². The van der Waals surface area contributed by atoms with E-state index in [1.54, 1.807) is 7.11 Å². The Hall–Kier alpha value is -0.970. The van der Waals surface area contributed by atoms with Crippen molar-refractivity contribution < 1.29 is 19.0 Å². The van der Waals surface area contributed by atoms with Gasteiger partial charge in [0.25, 0.3) is 0 Å². The van der Waals surface area contributed by atoms with E-state index in [4.69, 9.17) is 14.2 Å². The van der Waals surface area contributed by atoms with Crippen molar-refractivity contribution in [3.63, 3.8) is 0 Å². The second kappa shape index (κ2) is 11.1. The summed E-state index contributed by atoms with van der Waals surface area (Å²) in [6, 6.07) is 0. The van der Waals surface area contributed by atoms with Crippen molar-refractivity contribution in [2.75, 3.05) is 33.7 Å². The molecule has 18 heavy (non-hydrogen) atoms. The summed E-state index contributed by atoms with van der Waals surface area (Å²) in [5, 5.41) is 0. The zero-order chi connectivity index (χ0) is 13.7. The van der Waals surface area contributed by atoms with Gasteiger partial charge in [-0.3, -0.25) is 0 Å². The topological polar surface area (TPSA) is 44.8 Å². The largest absolute Gasteiger partial charge is 0.382 e. The first kappa shape index (κ1) is 17.0. The van der Waals surface area contributed by atoms with E-state index < -0.39 is 0 Å². The zero-order valence-electron chi connectivity index (χ0n) is 11.6. The summed E-state index contributed by atoms with van der Waals surface area (Å²) in [4.78, 5) is 10.4. The van der Waals surface area contributed by atoms with Gasteiger partial charge >= 0.3 is 0 Å². The minimum absolute atomic E-state index is 0.0871. The predicted octanol–water partition coefficient (Wildman–Crippen LogP) is 2.35. The second-order valence-electron chi connectivity index (χ2n) is 4.54. The third-order valence-corrected chi connectivity index (χ3v) is 2.22. The highest BCUT2D eigenvalue weighted by molar-refractivity contribution is 5.51. The van der Waals surface area contributed by atoms with E-state index in [1.807, 2.05) is 38.2 Å². The summed E-state index contributed by atoms with van der Waals surface area (Å²) < 4.78 is 15.2. The molecule has 0 fully saturated rings. The number of carbonyl (C=O) groups excluding carboxylic acids is 1. The summed E-state index contributed by atoms with van der Waals surface area (Å²) in [6.45, 7) is 5.94. The first-order valence-corrected chi connectivity index (χ1v) is 6.05. The number of allylic oxidation sites excluding steroid dienone is 3. The second-order valence-corrected chi connectivity index (χ2v) is 4.54. The Labute approximate surface area is 110 Å². The summed E-state index contributed by atoms with van der Waals surface area (Å²) in [5.74, 6) is 0. The van der Waals surface area contributed by atoms with Crippen LogP contribution < -0.4 is 0 Å². The molecule has 4 nitrogen and oxygen atoms in total. The molecule has 0 aromatic rings. The molecule has 104 valence electrons. The van der Waals surface area contributed by atoms with E-state index in [0.29, 0.717) is 26.2 Å². The first-order valence-electron chi connectivity index (χ1n) is 6.05. The van der Waals surface area contributed by atoms with Crippen LogP contribution in [0.25, 0.3) is 0 Å². The van der Waals surface area contributed by atoms with Gasteiger partial charge in [0.15, 0.2) is 0 Å². The maximum Gasteiger partial charge on any atom is 0.147 e. The molecule has 0 unspecified atom stereocenters. The molecule has 0 amide bonds. The highest BCUT2D eigenvalue weighted by Gasteiger charge is 2.11. The molecule has 0 bridgehead atoms. The van der Waals surface area contributed by atoms with Gasteiger partial charge in [0, 0.05) is 13.5 Å². The van der Waals surface area contributed by atoms with Crippen molar-refractivity contribution in [2.24, 2.45) is 5.41 Å². The number of aldehydes is 1. The minimum Gasteiger partial charge on any atom is -0.382 e. The molecule has 0 aliphatic carbocycles. The van der Waals surface area contributed by atoms with Crippen LogP contribution in [0.15, 0.2) is 24.3 Å². The molecular formula is C14H24O4. The fourth-order valence-electron chi connectivity index (χ4n) is 1.11. The SMILES string of the molecule is COCCOCOC/C=C/C=C/C(C)(C)CC=O. The fourth-order valence-corrected chi connectivity index (χ4v) is 1.11. The molecule has 0 radical (unpaired) electrons. The molecule has 0 saturated heterocycles. The van der Waals surface area contributed by atoms with Crippen LogP contribution in [-0.2, 0) is 19.0 Å². The Morgan fingerprint density at radius 2 is 1.89 bits per heavy atom. The van der Waals surface area contributed by atoms with Gasteiger partial charge < -0.3 is 19.0 Å². The van der Waals surface area contributed by atoms with Gasteiger partial charge in [0.1, 0.15) is 13.1 Å². The van der Waals surface area contributed by atoms with Crippen molar-refractivity contribution >= 4 is 6.29 Å². The summed E-state index contributed by atoms with van der Waals surface area (Å²) in [5.41, 5.74) is -0.0871. The molecule has 0 aromatic heterocycles. The van der Waals surface area contributed by atoms with E-state index in [0.717, 1.165) is 6.29 Å². The summed E-state index contributed by atoms with van der Waals surface area (Å²) >= 11 is 0. The van der Waals surface area contributed by atoms with E-state index >= 15 is 0 Å². The van der Waals surface area contributed by atoms with Gasteiger partial charge in [-0.1, -0.05) is 38.2 Å². The monoisotopic (exact) mass is 256 g/mol. The Bertz CT molecular complexity index is 257. The fraction of sp³-hybridized carbons (Fsp3) is 0.643. The van der Waals surface area contributed by atoms with Gasteiger partial charge in [0.2, 0.25) is 0 Å². The van der Waals surface area contributed by atoms with E-state index in [2.05, 4.69) is 0 Å². The molecule has 0 atom stereocenters. The molecule has 0 aromatic carbocycles. The molecule has 0 aliphatic heterocycles. The third kappa shape index (κ3) is 11.5. The average molecular weight is 256 g/mol. The number of carbonyl (C=O) groups is 1. The van der Waals surface area contributed by atoms with Gasteiger partial charge in [-0.05, 0) is 5.41 Å². The summed E-state index contributed by atoms with van der Waals surface area (Å²) in [6.07, 6.45) is 9.20. The van der Waals surface area contributed by atoms with Crippen LogP contribution in [0.3, 0.4) is 0 Å². The number of rotatable bonds is 11. The Morgan fingerprint density at radius 1 is 1.11 bits per heavy atom. The van der Waals surface area contributed by atoms with Crippen molar-refractivity contribution in [1.82, 2.24) is 0 Å². The average Bonchev–Trinajstić information content (AvgIpc) is 2.31. The van der Waals surface area contributed by atoms with Crippen LogP contribution in [0.4, 0.5) is 0 Å². The molecule has 0 heterocycles. The van der Waals surface area contributed by atoms with Crippen LogP contribution in [-0.4, -0.2) is 40.0 Å². The maximum absolute atomic E-state index is 10.4. The van der Waals surface area contributed by atoms with Gasteiger partial charge in [0.05, 0.1) is 19.8 Å². The van der Waals surface area contributed by atoms with Crippen molar-refractivity contribution in [3.05, 3.63) is 24.3 Å². The van der Waals surface area contributed by atoms with Gasteiger partial charge in [-0.2, -0.15) is 0 Å². The number of ether oxygens (including phenoxy) is 3. The molecule has 0 saturated carbocycles. The van der Waals surface area contributed by atoms with E-state index in [-0.39, 0.29) is 12.2 Å². The Balaban J connectivity index is 3.53. The molecule has 4 heteroatoms. The molecule has 0 rings (SSSR count). The standard InChI is InChI=1S/C14H24O4/c1-14(2,8-9-15)7-5-4-6-10-17-13-18-12-11-16-3/h4-7,9H,8,10-13H2,1-3H3/b6-4+,7-5+. The maximum atomic E-state index is 10.4. The number of hydrogen-bond donors (Lipinski definition) is 0. The van der Waals surface area contributed by atoms with Crippen molar-refractivity contribution in [2.45, 2.75) is 20.3 Å². The van der Waals surface area contributed by atoms with E-state index in [9.17, 15) is 4.79 Å². The lowest BCUT2D eigenvalue weighted by Gasteiger charge is -2.15. The van der Waals surface area contributed by atoms with Crippen LogP contribution >= 0.6 is 0 Å². The lowest BCUT2D eigenvalue weighted by molar-refractivity contribution is -0.109. The van der Waals surface area contributed by atoms with Crippen molar-refractivity contribution in [1.29, 1.82) is 0 Å². The Morgan fingerprint density at radius 3 is 2.56 bits per heavy atom. The first-order chi connectivity index (χ1) is 8.62. The molecule has 0 aliphatic rings. The molecule has 0 spiro atoms. The number of hydrogen-bond acceptors (Lipinski definition) is 4. The van der Waals surface area contributed by atoms with Crippen LogP contribution in [0.2, 0.25) is 0 Å². The third-order valence-electron chi connectivity index (χ3n) is 2.22. The molecule has 0 N–H and O–H groups in total.